The Labute approximate surface area is 172 Å². The van der Waals surface area contributed by atoms with Crippen molar-refractivity contribution in [1.29, 1.82) is 0 Å². The van der Waals surface area contributed by atoms with Crippen molar-refractivity contribution in [3.8, 4) is 0 Å². The molecule has 0 N–H and O–H groups in total. The lowest BCUT2D eigenvalue weighted by Crippen LogP contribution is -2.11. The van der Waals surface area contributed by atoms with E-state index in [0.717, 1.165) is 46.6 Å². The summed E-state index contributed by atoms with van der Waals surface area (Å²) < 4.78 is 54.7. The normalized spacial score (nSPS) is 17.0. The second-order valence-corrected chi connectivity index (χ2v) is 8.58. The maximum Gasteiger partial charge on any atom is 0.282 e. The van der Waals surface area contributed by atoms with Gasteiger partial charge in [-0.25, -0.2) is 32.0 Å². The van der Waals surface area contributed by atoms with Crippen molar-refractivity contribution in [3.05, 3.63) is 40.0 Å². The Morgan fingerprint density at radius 2 is 2.03 bits per heavy atom. The fourth-order valence-corrected chi connectivity index (χ4v) is 5.39. The SMILES string of the molecule is CCC1CCc2c(sc3ncn4nc(Cn5nc(C(F)F)cc5C(F)F)nc4c23)C1. The van der Waals surface area contributed by atoms with E-state index < -0.39 is 24.2 Å². The number of hydrogen-bond acceptors (Lipinski definition) is 5. The molecular formula is C19H18F4N6S. The van der Waals surface area contributed by atoms with Crippen LogP contribution in [0.15, 0.2) is 12.4 Å². The summed E-state index contributed by atoms with van der Waals surface area (Å²) in [6.45, 7) is 1.98. The minimum atomic E-state index is -2.93. The number of aryl methyl sites for hydroxylation is 1. The Kier molecular flexibility index (Phi) is 4.72. The van der Waals surface area contributed by atoms with Gasteiger partial charge >= 0.3 is 0 Å². The lowest BCUT2D eigenvalue weighted by atomic mass is 9.86. The minimum absolute atomic E-state index is 0.220. The van der Waals surface area contributed by atoms with E-state index >= 15 is 0 Å². The van der Waals surface area contributed by atoms with Crippen LogP contribution in [0, 0.1) is 5.92 Å². The van der Waals surface area contributed by atoms with Gasteiger partial charge in [0.05, 0.1) is 5.39 Å². The Balaban J connectivity index is 1.56. The highest BCUT2D eigenvalue weighted by atomic mass is 32.1. The number of halogens is 4. The zero-order valence-electron chi connectivity index (χ0n) is 16.0. The number of thiophene rings is 1. The van der Waals surface area contributed by atoms with Gasteiger partial charge in [-0.1, -0.05) is 13.3 Å². The standard InChI is InChI=1S/C19H18F4N6S/c1-2-9-3-4-10-13(5-9)30-19-15(10)18-25-14(27-29(18)8-24-19)7-28-12(17(22)23)6-11(26-28)16(20)21/h6,8-9,16-17H,2-5,7H2,1H3. The molecule has 4 aromatic heterocycles. The molecule has 0 saturated heterocycles. The molecule has 4 aromatic rings. The maximum atomic E-state index is 13.3. The Bertz CT molecular complexity index is 1230. The first-order valence-electron chi connectivity index (χ1n) is 9.73. The summed E-state index contributed by atoms with van der Waals surface area (Å²) in [4.78, 5) is 11.2. The van der Waals surface area contributed by atoms with Crippen molar-refractivity contribution < 1.29 is 17.6 Å². The van der Waals surface area contributed by atoms with Crippen LogP contribution in [0.3, 0.4) is 0 Å². The van der Waals surface area contributed by atoms with E-state index in [1.807, 2.05) is 0 Å². The molecule has 1 aliphatic carbocycles. The average Bonchev–Trinajstić information content (AvgIpc) is 3.41. The first-order valence-corrected chi connectivity index (χ1v) is 10.5. The fraction of sp³-hybridized carbons (Fsp3) is 0.474. The zero-order valence-corrected chi connectivity index (χ0v) is 16.8. The molecule has 1 atom stereocenters. The van der Waals surface area contributed by atoms with Gasteiger partial charge < -0.3 is 0 Å². The maximum absolute atomic E-state index is 13.3. The summed E-state index contributed by atoms with van der Waals surface area (Å²) in [6, 6.07) is 0.726. The molecule has 1 unspecified atom stereocenters. The number of alkyl halides is 4. The van der Waals surface area contributed by atoms with Crippen molar-refractivity contribution in [2.75, 3.05) is 0 Å². The molecule has 0 saturated carbocycles. The van der Waals surface area contributed by atoms with Crippen molar-refractivity contribution in [2.45, 2.75) is 52.0 Å². The first-order chi connectivity index (χ1) is 14.4. The van der Waals surface area contributed by atoms with E-state index in [9.17, 15) is 17.6 Å². The predicted octanol–water partition coefficient (Wildman–Crippen LogP) is 4.97. The van der Waals surface area contributed by atoms with E-state index in [0.29, 0.717) is 11.6 Å². The van der Waals surface area contributed by atoms with Crippen molar-refractivity contribution in [3.63, 3.8) is 0 Å². The fourth-order valence-electron chi connectivity index (χ4n) is 4.10. The molecule has 6 nitrogen and oxygen atoms in total. The monoisotopic (exact) mass is 438 g/mol. The van der Waals surface area contributed by atoms with Gasteiger partial charge in [-0.3, -0.25) is 4.68 Å². The van der Waals surface area contributed by atoms with Gasteiger partial charge in [-0.2, -0.15) is 5.10 Å². The van der Waals surface area contributed by atoms with Crippen LogP contribution in [0.25, 0.3) is 15.9 Å². The molecule has 0 bridgehead atoms. The molecule has 0 spiro atoms. The van der Waals surface area contributed by atoms with Crippen LogP contribution >= 0.6 is 11.3 Å². The Hall–Kier alpha value is -2.56. The number of rotatable bonds is 5. The second kappa shape index (κ2) is 7.29. The molecule has 11 heteroatoms. The van der Waals surface area contributed by atoms with E-state index in [-0.39, 0.29) is 12.4 Å². The van der Waals surface area contributed by atoms with Crippen LogP contribution < -0.4 is 0 Å². The lowest BCUT2D eigenvalue weighted by molar-refractivity contribution is 0.139. The van der Waals surface area contributed by atoms with E-state index in [1.165, 1.54) is 15.0 Å². The zero-order chi connectivity index (χ0) is 21.0. The lowest BCUT2D eigenvalue weighted by Gasteiger charge is -2.20. The van der Waals surface area contributed by atoms with Crippen molar-refractivity contribution in [1.82, 2.24) is 29.4 Å². The number of fused-ring (bicyclic) bond motifs is 5. The highest BCUT2D eigenvalue weighted by Gasteiger charge is 2.26. The Morgan fingerprint density at radius 3 is 2.77 bits per heavy atom. The van der Waals surface area contributed by atoms with Crippen LogP contribution in [0.4, 0.5) is 17.6 Å². The van der Waals surface area contributed by atoms with Gasteiger partial charge in [0.2, 0.25) is 0 Å². The molecule has 0 aliphatic heterocycles. The van der Waals surface area contributed by atoms with Gasteiger partial charge in [0.25, 0.3) is 12.9 Å². The molecule has 30 heavy (non-hydrogen) atoms. The third-order valence-electron chi connectivity index (χ3n) is 5.68. The molecule has 0 aromatic carbocycles. The van der Waals surface area contributed by atoms with Crippen molar-refractivity contribution >= 4 is 27.2 Å². The van der Waals surface area contributed by atoms with Gasteiger partial charge in [-0.05, 0) is 36.8 Å². The predicted molar refractivity (Wildman–Crippen MR) is 103 cm³/mol. The number of hydrogen-bond donors (Lipinski definition) is 0. The second-order valence-electron chi connectivity index (χ2n) is 7.49. The quantitative estimate of drug-likeness (QED) is 0.413. The highest BCUT2D eigenvalue weighted by molar-refractivity contribution is 7.19. The summed E-state index contributed by atoms with van der Waals surface area (Å²) in [7, 11) is 0. The summed E-state index contributed by atoms with van der Waals surface area (Å²) in [5.74, 6) is 0.893. The van der Waals surface area contributed by atoms with Crippen LogP contribution in [0.1, 0.15) is 60.3 Å². The molecular weight excluding hydrogens is 420 g/mol. The largest absolute Gasteiger partial charge is 0.282 e. The molecule has 0 fully saturated rings. The first kappa shape index (κ1) is 19.4. The average molecular weight is 438 g/mol. The molecule has 0 radical (unpaired) electrons. The third kappa shape index (κ3) is 3.15. The minimum Gasteiger partial charge on any atom is -0.256 e. The van der Waals surface area contributed by atoms with E-state index in [2.05, 4.69) is 27.1 Å². The van der Waals surface area contributed by atoms with Crippen molar-refractivity contribution in [2.24, 2.45) is 5.92 Å². The molecule has 1 aliphatic rings. The molecule has 0 amide bonds. The highest BCUT2D eigenvalue weighted by Crippen LogP contribution is 2.39. The number of aromatic nitrogens is 6. The van der Waals surface area contributed by atoms with Gasteiger partial charge in [0.1, 0.15) is 29.1 Å². The smallest absolute Gasteiger partial charge is 0.256 e. The topological polar surface area (TPSA) is 60.9 Å². The van der Waals surface area contributed by atoms with Gasteiger partial charge in [-0.15, -0.1) is 16.4 Å². The van der Waals surface area contributed by atoms with Gasteiger partial charge in [0.15, 0.2) is 11.5 Å². The number of nitrogens with zero attached hydrogens (tertiary/aromatic N) is 6. The van der Waals surface area contributed by atoms with Gasteiger partial charge in [0, 0.05) is 4.88 Å². The molecule has 4 heterocycles. The summed E-state index contributed by atoms with van der Waals surface area (Å²) in [5, 5.41) is 8.90. The van der Waals surface area contributed by atoms with E-state index in [4.69, 9.17) is 0 Å². The summed E-state index contributed by atoms with van der Waals surface area (Å²) in [5.41, 5.74) is 0.591. The van der Waals surface area contributed by atoms with Crippen LogP contribution in [0.5, 0.6) is 0 Å². The Morgan fingerprint density at radius 1 is 1.20 bits per heavy atom. The molecule has 158 valence electrons. The van der Waals surface area contributed by atoms with Crippen LogP contribution in [0.2, 0.25) is 0 Å². The summed E-state index contributed by atoms with van der Waals surface area (Å²) in [6.07, 6.45) is -0.0708. The van der Waals surface area contributed by atoms with Crippen LogP contribution in [-0.4, -0.2) is 29.4 Å². The third-order valence-corrected chi connectivity index (χ3v) is 6.84. The molecule has 5 rings (SSSR count). The van der Waals surface area contributed by atoms with E-state index in [1.54, 1.807) is 17.7 Å². The summed E-state index contributed by atoms with van der Waals surface area (Å²) >= 11 is 1.67. The van der Waals surface area contributed by atoms with Crippen LogP contribution in [-0.2, 0) is 19.4 Å².